The largest absolute Gasteiger partial charge is 0.328 e. The number of fused-ring (bicyclic) bond motifs is 1. The van der Waals surface area contributed by atoms with Gasteiger partial charge in [-0.3, -0.25) is 13.9 Å². The highest BCUT2D eigenvalue weighted by Gasteiger charge is 2.24. The molecule has 0 spiro atoms. The molecule has 3 aromatic rings. The van der Waals surface area contributed by atoms with Crippen LogP contribution in [0, 0.1) is 5.82 Å². The maximum atomic E-state index is 14.0. The van der Waals surface area contributed by atoms with E-state index in [4.69, 9.17) is 0 Å². The number of benzene rings is 2. The Bertz CT molecular complexity index is 1260. The molecule has 1 heterocycles. The van der Waals surface area contributed by atoms with Crippen molar-refractivity contribution < 1.29 is 17.6 Å². The number of halogens is 1. The summed E-state index contributed by atoms with van der Waals surface area (Å²) in [6.45, 7) is 1.88. The first kappa shape index (κ1) is 20.8. The van der Waals surface area contributed by atoms with E-state index >= 15 is 0 Å². The third-order valence-electron chi connectivity index (χ3n) is 4.84. The molecular formula is C20H22FN3O4S. The molecule has 2 aromatic carbocycles. The average Bonchev–Trinajstić information content (AvgIpc) is 2.90. The Kier molecular flexibility index (Phi) is 5.61. The van der Waals surface area contributed by atoms with Crippen molar-refractivity contribution in [2.75, 3.05) is 11.1 Å². The summed E-state index contributed by atoms with van der Waals surface area (Å²) in [6, 6.07) is 8.26. The second-order valence-electron chi connectivity index (χ2n) is 6.84. The zero-order valence-electron chi connectivity index (χ0n) is 16.4. The lowest BCUT2D eigenvalue weighted by atomic mass is 10.2. The Balaban J connectivity index is 2.19. The number of hydrogen-bond donors (Lipinski definition) is 1. The molecule has 0 radical (unpaired) electrons. The third kappa shape index (κ3) is 3.82. The molecule has 9 heteroatoms. The monoisotopic (exact) mass is 419 g/mol. The smallest absolute Gasteiger partial charge is 0.321 e. The van der Waals surface area contributed by atoms with Crippen molar-refractivity contribution in [1.82, 2.24) is 9.13 Å². The maximum Gasteiger partial charge on any atom is 0.328 e. The molecule has 7 nitrogen and oxygen atoms in total. The number of nitrogens with one attached hydrogen (secondary N) is 1. The molecule has 0 aliphatic rings. The second-order valence-corrected chi connectivity index (χ2v) is 8.92. The Hall–Kier alpha value is -2.94. The summed E-state index contributed by atoms with van der Waals surface area (Å²) in [7, 11) is -0.636. The van der Waals surface area contributed by atoms with Crippen molar-refractivity contribution in [3.05, 3.63) is 58.3 Å². The molecule has 0 saturated carbocycles. The molecule has 154 valence electrons. The summed E-state index contributed by atoms with van der Waals surface area (Å²) in [5, 5.41) is 2.52. The van der Waals surface area contributed by atoms with E-state index in [1.807, 2.05) is 6.92 Å². The molecular weight excluding hydrogens is 397 g/mol. The van der Waals surface area contributed by atoms with Gasteiger partial charge in [-0.1, -0.05) is 25.5 Å². The van der Waals surface area contributed by atoms with Gasteiger partial charge in [0.2, 0.25) is 0 Å². The summed E-state index contributed by atoms with van der Waals surface area (Å²) in [4.78, 5) is 24.8. The topological polar surface area (TPSA) is 90.2 Å². The number of carbonyl (C=O) groups is 1. The van der Waals surface area contributed by atoms with E-state index in [0.29, 0.717) is 23.9 Å². The van der Waals surface area contributed by atoms with Gasteiger partial charge < -0.3 is 5.32 Å². The summed E-state index contributed by atoms with van der Waals surface area (Å²) in [6.07, 6.45) is 1.14. The minimum Gasteiger partial charge on any atom is -0.321 e. The number of aryl methyl sites for hydroxylation is 2. The lowest BCUT2D eigenvalue weighted by Crippen LogP contribution is -2.19. The summed E-state index contributed by atoms with van der Waals surface area (Å²) >= 11 is 0. The van der Waals surface area contributed by atoms with Gasteiger partial charge in [0.05, 0.1) is 32.9 Å². The van der Waals surface area contributed by atoms with E-state index in [2.05, 4.69) is 5.32 Å². The van der Waals surface area contributed by atoms with Crippen LogP contribution in [0.4, 0.5) is 10.1 Å². The Morgan fingerprint density at radius 1 is 1.10 bits per heavy atom. The first-order valence-electron chi connectivity index (χ1n) is 9.15. The highest BCUT2D eigenvalue weighted by Crippen LogP contribution is 2.29. The molecule has 0 saturated heterocycles. The zero-order chi connectivity index (χ0) is 21.3. The van der Waals surface area contributed by atoms with Crippen molar-refractivity contribution in [3.63, 3.8) is 0 Å². The van der Waals surface area contributed by atoms with Crippen LogP contribution in [0.3, 0.4) is 0 Å². The number of aromatic nitrogens is 2. The van der Waals surface area contributed by atoms with Crippen LogP contribution in [0.5, 0.6) is 0 Å². The highest BCUT2D eigenvalue weighted by atomic mass is 32.2. The second kappa shape index (κ2) is 7.82. The van der Waals surface area contributed by atoms with Crippen LogP contribution in [-0.2, 0) is 23.9 Å². The van der Waals surface area contributed by atoms with Crippen LogP contribution in [0.2, 0.25) is 0 Å². The molecule has 0 atom stereocenters. The number of hydrogen-bond acceptors (Lipinski definition) is 4. The van der Waals surface area contributed by atoms with Gasteiger partial charge in [-0.05, 0) is 30.7 Å². The summed E-state index contributed by atoms with van der Waals surface area (Å²) in [5.41, 5.74) is 0.372. The Morgan fingerprint density at radius 3 is 2.34 bits per heavy atom. The van der Waals surface area contributed by atoms with Crippen molar-refractivity contribution >= 4 is 32.5 Å². The molecule has 3 rings (SSSR count). The van der Waals surface area contributed by atoms with Crippen molar-refractivity contribution in [2.24, 2.45) is 14.1 Å². The predicted octanol–water partition coefficient (Wildman–Crippen LogP) is 2.84. The Morgan fingerprint density at radius 2 is 1.72 bits per heavy atom. The first-order valence-corrected chi connectivity index (χ1v) is 10.8. The number of rotatable bonds is 6. The lowest BCUT2D eigenvalue weighted by molar-refractivity contribution is 0.102. The van der Waals surface area contributed by atoms with E-state index in [0.717, 1.165) is 6.07 Å². The van der Waals surface area contributed by atoms with Crippen LogP contribution in [0.25, 0.3) is 11.0 Å². The fourth-order valence-corrected chi connectivity index (χ4v) is 4.79. The predicted molar refractivity (Wildman–Crippen MR) is 109 cm³/mol. The number of sulfone groups is 1. The first-order chi connectivity index (χ1) is 13.7. The number of unbranched alkanes of at least 4 members (excludes halogenated alkanes) is 1. The zero-order valence-corrected chi connectivity index (χ0v) is 17.2. The van der Waals surface area contributed by atoms with E-state index in [1.165, 1.54) is 39.5 Å². The minimum atomic E-state index is -3.74. The van der Waals surface area contributed by atoms with Gasteiger partial charge >= 0.3 is 5.69 Å². The van der Waals surface area contributed by atoms with Gasteiger partial charge in [0, 0.05) is 14.1 Å². The van der Waals surface area contributed by atoms with Gasteiger partial charge in [0.1, 0.15) is 5.82 Å². The molecule has 29 heavy (non-hydrogen) atoms. The molecule has 0 bridgehead atoms. The van der Waals surface area contributed by atoms with E-state index in [-0.39, 0.29) is 27.6 Å². The number of imidazole rings is 1. The van der Waals surface area contributed by atoms with Gasteiger partial charge in [-0.25, -0.2) is 17.6 Å². The van der Waals surface area contributed by atoms with Gasteiger partial charge in [-0.15, -0.1) is 0 Å². The van der Waals surface area contributed by atoms with E-state index < -0.39 is 21.6 Å². The van der Waals surface area contributed by atoms with Gasteiger partial charge in [-0.2, -0.15) is 0 Å². The van der Waals surface area contributed by atoms with Crippen LogP contribution in [0.15, 0.2) is 46.1 Å². The highest BCUT2D eigenvalue weighted by molar-refractivity contribution is 7.91. The van der Waals surface area contributed by atoms with Crippen LogP contribution in [0.1, 0.15) is 30.1 Å². The van der Waals surface area contributed by atoms with Crippen LogP contribution in [-0.4, -0.2) is 29.2 Å². The number of nitrogens with zero attached hydrogens (tertiary/aromatic N) is 2. The van der Waals surface area contributed by atoms with Crippen molar-refractivity contribution in [3.8, 4) is 0 Å². The fourth-order valence-electron chi connectivity index (χ4n) is 3.16. The number of carbonyl (C=O) groups excluding carboxylic acids is 1. The maximum absolute atomic E-state index is 14.0. The lowest BCUT2D eigenvalue weighted by Gasteiger charge is -2.13. The SMILES string of the molecule is CCCCS(=O)(=O)c1cc2c(cc1NC(=O)c1ccccc1F)n(C)c(=O)n2C. The van der Waals surface area contributed by atoms with Crippen LogP contribution >= 0.6 is 0 Å². The summed E-state index contributed by atoms with van der Waals surface area (Å²) in [5.74, 6) is -1.58. The molecule has 1 amide bonds. The number of amides is 1. The number of anilines is 1. The molecule has 0 aliphatic heterocycles. The fraction of sp³-hybridized carbons (Fsp3) is 0.300. The molecule has 0 aliphatic carbocycles. The Labute approximate surface area is 167 Å². The standard InChI is InChI=1S/C20H22FN3O4S/c1-4-5-10-29(27,28)18-12-17-16(23(2)20(26)24(17)3)11-15(18)22-19(25)13-8-6-7-9-14(13)21/h6-9,11-12H,4-5,10H2,1-3H3,(H,22,25). The summed E-state index contributed by atoms with van der Waals surface area (Å²) < 4.78 is 42.5. The molecule has 1 aromatic heterocycles. The van der Waals surface area contributed by atoms with Crippen molar-refractivity contribution in [1.29, 1.82) is 0 Å². The van der Waals surface area contributed by atoms with E-state index in [9.17, 15) is 22.4 Å². The van der Waals surface area contributed by atoms with Gasteiger partial charge in [0.25, 0.3) is 5.91 Å². The normalized spacial score (nSPS) is 11.7. The molecule has 0 unspecified atom stereocenters. The molecule has 1 N–H and O–H groups in total. The molecule has 0 fully saturated rings. The quantitative estimate of drug-likeness (QED) is 0.665. The van der Waals surface area contributed by atoms with Crippen LogP contribution < -0.4 is 11.0 Å². The van der Waals surface area contributed by atoms with Gasteiger partial charge in [0.15, 0.2) is 9.84 Å². The minimum absolute atomic E-state index is 0.0167. The van der Waals surface area contributed by atoms with E-state index in [1.54, 1.807) is 14.1 Å². The van der Waals surface area contributed by atoms with Crippen molar-refractivity contribution in [2.45, 2.75) is 24.7 Å². The average molecular weight is 419 g/mol. The third-order valence-corrected chi connectivity index (χ3v) is 6.68.